The molecular weight excluding hydrogens is 236 g/mol. The predicted molar refractivity (Wildman–Crippen MR) is 81.6 cm³/mol. The standard InChI is InChI=1S/C16H28N2O/c1-6-15(7-2)18(4)12-14-10-13(11-17-3)8-9-16(14)19-5/h8-10,15,17H,6-7,11-12H2,1-5H3. The van der Waals surface area contributed by atoms with E-state index in [9.17, 15) is 0 Å². The van der Waals surface area contributed by atoms with Crippen molar-refractivity contribution in [3.8, 4) is 5.75 Å². The molecule has 3 nitrogen and oxygen atoms in total. The lowest BCUT2D eigenvalue weighted by atomic mass is 10.1. The molecule has 1 aromatic rings. The van der Waals surface area contributed by atoms with Crippen LogP contribution in [0.15, 0.2) is 18.2 Å². The summed E-state index contributed by atoms with van der Waals surface area (Å²) in [6.07, 6.45) is 2.37. The number of hydrogen-bond acceptors (Lipinski definition) is 3. The molecule has 0 unspecified atom stereocenters. The lowest BCUT2D eigenvalue weighted by Crippen LogP contribution is -2.30. The van der Waals surface area contributed by atoms with Gasteiger partial charge in [0.05, 0.1) is 7.11 Å². The number of hydrogen-bond donors (Lipinski definition) is 1. The summed E-state index contributed by atoms with van der Waals surface area (Å²) in [5.41, 5.74) is 2.57. The maximum atomic E-state index is 5.48. The average molecular weight is 264 g/mol. The predicted octanol–water partition coefficient (Wildman–Crippen LogP) is 3.04. The summed E-state index contributed by atoms with van der Waals surface area (Å²) in [4.78, 5) is 2.42. The zero-order valence-corrected chi connectivity index (χ0v) is 13.0. The number of nitrogens with one attached hydrogen (secondary N) is 1. The Morgan fingerprint density at radius 2 is 1.95 bits per heavy atom. The van der Waals surface area contributed by atoms with E-state index in [1.165, 1.54) is 24.0 Å². The van der Waals surface area contributed by atoms with Crippen molar-refractivity contribution in [3.63, 3.8) is 0 Å². The summed E-state index contributed by atoms with van der Waals surface area (Å²) in [5.74, 6) is 0.984. The highest BCUT2D eigenvalue weighted by molar-refractivity contribution is 5.37. The Hall–Kier alpha value is -1.06. The molecule has 0 saturated carbocycles. The van der Waals surface area contributed by atoms with E-state index in [1.54, 1.807) is 7.11 Å². The molecule has 0 aliphatic heterocycles. The second-order valence-electron chi connectivity index (χ2n) is 5.06. The van der Waals surface area contributed by atoms with Crippen LogP contribution in [0.3, 0.4) is 0 Å². The molecule has 0 spiro atoms. The smallest absolute Gasteiger partial charge is 0.123 e. The normalized spacial score (nSPS) is 11.3. The van der Waals surface area contributed by atoms with Crippen molar-refractivity contribution in [2.75, 3.05) is 21.2 Å². The van der Waals surface area contributed by atoms with E-state index in [0.717, 1.165) is 18.8 Å². The second-order valence-corrected chi connectivity index (χ2v) is 5.06. The molecular formula is C16H28N2O. The summed E-state index contributed by atoms with van der Waals surface area (Å²) >= 11 is 0. The number of nitrogens with zero attached hydrogens (tertiary/aromatic N) is 1. The molecule has 0 saturated heterocycles. The van der Waals surface area contributed by atoms with Crippen LogP contribution in [-0.2, 0) is 13.1 Å². The minimum absolute atomic E-state index is 0.637. The number of rotatable bonds is 8. The van der Waals surface area contributed by atoms with Gasteiger partial charge in [0.25, 0.3) is 0 Å². The first-order chi connectivity index (χ1) is 9.15. The molecule has 0 fully saturated rings. The molecule has 1 aromatic carbocycles. The van der Waals surface area contributed by atoms with Gasteiger partial charge in [-0.05, 0) is 44.6 Å². The van der Waals surface area contributed by atoms with Gasteiger partial charge in [-0.15, -0.1) is 0 Å². The van der Waals surface area contributed by atoms with Crippen LogP contribution in [0.25, 0.3) is 0 Å². The maximum Gasteiger partial charge on any atom is 0.123 e. The number of ether oxygens (including phenoxy) is 1. The van der Waals surface area contributed by atoms with Crippen LogP contribution in [0.1, 0.15) is 37.8 Å². The van der Waals surface area contributed by atoms with Gasteiger partial charge in [-0.25, -0.2) is 0 Å². The van der Waals surface area contributed by atoms with Gasteiger partial charge in [-0.3, -0.25) is 4.90 Å². The Morgan fingerprint density at radius 1 is 1.26 bits per heavy atom. The van der Waals surface area contributed by atoms with Crippen LogP contribution >= 0.6 is 0 Å². The van der Waals surface area contributed by atoms with Crippen LogP contribution in [0.4, 0.5) is 0 Å². The van der Waals surface area contributed by atoms with Gasteiger partial charge in [0.15, 0.2) is 0 Å². The molecule has 0 atom stereocenters. The van der Waals surface area contributed by atoms with Crippen molar-refractivity contribution in [1.29, 1.82) is 0 Å². The maximum absolute atomic E-state index is 5.48. The van der Waals surface area contributed by atoms with E-state index in [2.05, 4.69) is 49.3 Å². The van der Waals surface area contributed by atoms with Gasteiger partial charge in [-0.2, -0.15) is 0 Å². The molecule has 0 radical (unpaired) electrons. The first kappa shape index (κ1) is 16.0. The molecule has 108 valence electrons. The third-order valence-electron chi connectivity index (χ3n) is 3.71. The minimum atomic E-state index is 0.637. The van der Waals surface area contributed by atoms with Gasteiger partial charge in [0.2, 0.25) is 0 Å². The second kappa shape index (κ2) is 8.18. The van der Waals surface area contributed by atoms with Gasteiger partial charge < -0.3 is 10.1 Å². The highest BCUT2D eigenvalue weighted by Gasteiger charge is 2.13. The fourth-order valence-corrected chi connectivity index (χ4v) is 2.58. The van der Waals surface area contributed by atoms with Crippen LogP contribution in [0.5, 0.6) is 5.75 Å². The third-order valence-corrected chi connectivity index (χ3v) is 3.71. The summed E-state index contributed by atoms with van der Waals surface area (Å²) in [5, 5.41) is 3.19. The molecule has 3 heteroatoms. The fourth-order valence-electron chi connectivity index (χ4n) is 2.58. The van der Waals surface area contributed by atoms with Crippen molar-refractivity contribution < 1.29 is 4.74 Å². The lowest BCUT2D eigenvalue weighted by Gasteiger charge is -2.27. The summed E-state index contributed by atoms with van der Waals surface area (Å²) in [7, 11) is 5.91. The Kier molecular flexibility index (Phi) is 6.89. The van der Waals surface area contributed by atoms with Crippen molar-refractivity contribution in [1.82, 2.24) is 10.2 Å². The molecule has 0 bridgehead atoms. The van der Waals surface area contributed by atoms with Crippen LogP contribution in [0.2, 0.25) is 0 Å². The van der Waals surface area contributed by atoms with E-state index in [1.807, 2.05) is 7.05 Å². The topological polar surface area (TPSA) is 24.5 Å². The monoisotopic (exact) mass is 264 g/mol. The van der Waals surface area contributed by atoms with Crippen molar-refractivity contribution in [2.45, 2.75) is 45.8 Å². The van der Waals surface area contributed by atoms with E-state index >= 15 is 0 Å². The van der Waals surface area contributed by atoms with Gasteiger partial charge >= 0.3 is 0 Å². The summed E-state index contributed by atoms with van der Waals surface area (Å²) in [6, 6.07) is 7.07. The van der Waals surface area contributed by atoms with E-state index < -0.39 is 0 Å². The highest BCUT2D eigenvalue weighted by Crippen LogP contribution is 2.23. The molecule has 0 aliphatic carbocycles. The van der Waals surface area contributed by atoms with Crippen LogP contribution in [-0.4, -0.2) is 32.1 Å². The zero-order valence-electron chi connectivity index (χ0n) is 13.0. The Morgan fingerprint density at radius 3 is 2.47 bits per heavy atom. The first-order valence-electron chi connectivity index (χ1n) is 7.16. The van der Waals surface area contributed by atoms with Gasteiger partial charge in [0.1, 0.15) is 5.75 Å². The van der Waals surface area contributed by atoms with Gasteiger partial charge in [-0.1, -0.05) is 19.9 Å². The van der Waals surface area contributed by atoms with Gasteiger partial charge in [0, 0.05) is 24.7 Å². The Labute approximate surface area is 118 Å². The highest BCUT2D eigenvalue weighted by atomic mass is 16.5. The minimum Gasteiger partial charge on any atom is -0.496 e. The molecule has 1 rings (SSSR count). The van der Waals surface area contributed by atoms with E-state index in [4.69, 9.17) is 4.74 Å². The largest absolute Gasteiger partial charge is 0.496 e. The van der Waals surface area contributed by atoms with Crippen molar-refractivity contribution in [2.24, 2.45) is 0 Å². The number of benzene rings is 1. The molecule has 0 amide bonds. The fraction of sp³-hybridized carbons (Fsp3) is 0.625. The van der Waals surface area contributed by atoms with E-state index in [-0.39, 0.29) is 0 Å². The average Bonchev–Trinajstić information content (AvgIpc) is 2.41. The van der Waals surface area contributed by atoms with Crippen LogP contribution in [0, 0.1) is 0 Å². The first-order valence-corrected chi connectivity index (χ1v) is 7.16. The van der Waals surface area contributed by atoms with E-state index in [0.29, 0.717) is 6.04 Å². The summed E-state index contributed by atoms with van der Waals surface area (Å²) < 4.78 is 5.48. The zero-order chi connectivity index (χ0) is 14.3. The third kappa shape index (κ3) is 4.51. The molecule has 0 aromatic heterocycles. The molecule has 0 aliphatic rings. The molecule has 0 heterocycles. The van der Waals surface area contributed by atoms with Crippen molar-refractivity contribution in [3.05, 3.63) is 29.3 Å². The molecule has 1 N–H and O–H groups in total. The SMILES string of the molecule is CCC(CC)N(C)Cc1cc(CNC)ccc1OC. The Bertz CT molecular complexity index is 375. The summed E-state index contributed by atoms with van der Waals surface area (Å²) in [6.45, 7) is 6.33. The Balaban J connectivity index is 2.87. The lowest BCUT2D eigenvalue weighted by molar-refractivity contribution is 0.219. The molecule has 19 heavy (non-hydrogen) atoms. The van der Waals surface area contributed by atoms with Crippen LogP contribution < -0.4 is 10.1 Å². The quantitative estimate of drug-likeness (QED) is 0.781. The van der Waals surface area contributed by atoms with Crippen molar-refractivity contribution >= 4 is 0 Å². The number of methoxy groups -OCH3 is 1.